The number of carboxylic acid groups (broad SMARTS) is 1. The number of hydrogen-bond acceptors (Lipinski definition) is 3. The van der Waals surface area contributed by atoms with Gasteiger partial charge < -0.3 is 14.9 Å². The minimum Gasteiger partial charge on any atom is -0.481 e. The van der Waals surface area contributed by atoms with Crippen LogP contribution in [0, 0.1) is 5.41 Å². The van der Waals surface area contributed by atoms with E-state index in [-0.39, 0.29) is 24.9 Å². The second-order valence-electron chi connectivity index (χ2n) is 4.81. The van der Waals surface area contributed by atoms with Gasteiger partial charge >= 0.3 is 5.97 Å². The first-order valence-electron chi connectivity index (χ1n) is 5.49. The summed E-state index contributed by atoms with van der Waals surface area (Å²) in [4.78, 5) is 36.6. The quantitative estimate of drug-likeness (QED) is 0.742. The van der Waals surface area contributed by atoms with Gasteiger partial charge in [-0.25, -0.2) is 0 Å². The summed E-state index contributed by atoms with van der Waals surface area (Å²) >= 11 is 0. The summed E-state index contributed by atoms with van der Waals surface area (Å²) in [5.41, 5.74) is -0.857. The summed E-state index contributed by atoms with van der Waals surface area (Å²) in [6, 6.07) is 0. The number of carbonyl (C=O) groups is 3. The van der Waals surface area contributed by atoms with Crippen LogP contribution in [-0.4, -0.2) is 59.4 Å². The summed E-state index contributed by atoms with van der Waals surface area (Å²) in [6.45, 7) is 3.68. The van der Waals surface area contributed by atoms with Crippen molar-refractivity contribution >= 4 is 17.8 Å². The molecule has 0 aliphatic carbocycles. The molecule has 1 heterocycles. The minimum atomic E-state index is -0.882. The minimum absolute atomic E-state index is 0.00499. The zero-order valence-electron chi connectivity index (χ0n) is 10.4. The monoisotopic (exact) mass is 242 g/mol. The molecule has 0 saturated carbocycles. The van der Waals surface area contributed by atoms with Gasteiger partial charge in [0.05, 0.1) is 12.0 Å². The highest BCUT2D eigenvalue weighted by atomic mass is 16.4. The fourth-order valence-corrected chi connectivity index (χ4v) is 1.76. The summed E-state index contributed by atoms with van der Waals surface area (Å²) in [5.74, 6) is -1.26. The number of amides is 2. The van der Waals surface area contributed by atoms with E-state index >= 15 is 0 Å². The highest BCUT2D eigenvalue weighted by Crippen LogP contribution is 2.30. The number of likely N-dealkylation sites (tertiary alicyclic amines) is 1. The van der Waals surface area contributed by atoms with E-state index in [0.29, 0.717) is 13.0 Å². The maximum absolute atomic E-state index is 11.8. The van der Waals surface area contributed by atoms with Gasteiger partial charge in [-0.1, -0.05) is 0 Å². The SMILES string of the molecule is CC(=O)N(C)CC(=O)N1CC[C@@](C)(C(=O)O)C1. The molecule has 1 aliphatic heterocycles. The van der Waals surface area contributed by atoms with Gasteiger partial charge in [-0.05, 0) is 13.3 Å². The zero-order chi connectivity index (χ0) is 13.2. The highest BCUT2D eigenvalue weighted by Gasteiger charge is 2.42. The summed E-state index contributed by atoms with van der Waals surface area (Å²) in [5, 5.41) is 9.04. The third-order valence-corrected chi connectivity index (χ3v) is 3.25. The van der Waals surface area contributed by atoms with Crippen LogP contribution in [0.15, 0.2) is 0 Å². The Morgan fingerprint density at radius 3 is 2.41 bits per heavy atom. The summed E-state index contributed by atoms with van der Waals surface area (Å²) in [7, 11) is 1.55. The second kappa shape index (κ2) is 4.73. The molecule has 1 atom stereocenters. The van der Waals surface area contributed by atoms with Gasteiger partial charge in [0.25, 0.3) is 0 Å². The van der Waals surface area contributed by atoms with Crippen molar-refractivity contribution in [3.05, 3.63) is 0 Å². The van der Waals surface area contributed by atoms with Crippen LogP contribution in [-0.2, 0) is 14.4 Å². The first-order chi connectivity index (χ1) is 7.76. The Balaban J connectivity index is 2.57. The highest BCUT2D eigenvalue weighted by molar-refractivity contribution is 5.85. The zero-order valence-corrected chi connectivity index (χ0v) is 10.4. The van der Waals surface area contributed by atoms with E-state index in [1.165, 1.54) is 16.7 Å². The molecule has 17 heavy (non-hydrogen) atoms. The van der Waals surface area contributed by atoms with Gasteiger partial charge in [-0.2, -0.15) is 0 Å². The van der Waals surface area contributed by atoms with E-state index in [4.69, 9.17) is 5.11 Å². The van der Waals surface area contributed by atoms with Crippen molar-refractivity contribution in [2.24, 2.45) is 5.41 Å². The van der Waals surface area contributed by atoms with E-state index in [9.17, 15) is 14.4 Å². The predicted octanol–water partition coefficient (Wildman–Crippen LogP) is -0.212. The molecule has 0 spiro atoms. The number of carboxylic acids is 1. The fourth-order valence-electron chi connectivity index (χ4n) is 1.76. The van der Waals surface area contributed by atoms with Gasteiger partial charge in [-0.15, -0.1) is 0 Å². The Morgan fingerprint density at radius 2 is 2.00 bits per heavy atom. The van der Waals surface area contributed by atoms with E-state index in [2.05, 4.69) is 0 Å². The molecule has 1 rings (SSSR count). The molecule has 6 nitrogen and oxygen atoms in total. The molecule has 2 amide bonds. The topological polar surface area (TPSA) is 77.9 Å². The Kier molecular flexibility index (Phi) is 3.75. The molecule has 0 aromatic rings. The summed E-state index contributed by atoms with van der Waals surface area (Å²) < 4.78 is 0. The van der Waals surface area contributed by atoms with Crippen LogP contribution >= 0.6 is 0 Å². The first-order valence-corrected chi connectivity index (χ1v) is 5.49. The van der Waals surface area contributed by atoms with Crippen molar-refractivity contribution < 1.29 is 19.5 Å². The van der Waals surface area contributed by atoms with Gasteiger partial charge in [0.15, 0.2) is 0 Å². The van der Waals surface area contributed by atoms with Crippen LogP contribution < -0.4 is 0 Å². The lowest BCUT2D eigenvalue weighted by Crippen LogP contribution is -2.41. The summed E-state index contributed by atoms with van der Waals surface area (Å²) in [6.07, 6.45) is 0.456. The third-order valence-electron chi connectivity index (χ3n) is 3.25. The number of aliphatic carboxylic acids is 1. The molecule has 96 valence electrons. The number of likely N-dealkylation sites (N-methyl/N-ethyl adjacent to an activating group) is 1. The van der Waals surface area contributed by atoms with Crippen molar-refractivity contribution in [2.45, 2.75) is 20.3 Å². The molecule has 1 aliphatic rings. The van der Waals surface area contributed by atoms with Crippen molar-refractivity contribution in [3.8, 4) is 0 Å². The van der Waals surface area contributed by atoms with E-state index in [1.807, 2.05) is 0 Å². The Morgan fingerprint density at radius 1 is 1.41 bits per heavy atom. The number of carbonyl (C=O) groups excluding carboxylic acids is 2. The molecule has 0 bridgehead atoms. The lowest BCUT2D eigenvalue weighted by molar-refractivity contribution is -0.147. The molecule has 0 aromatic carbocycles. The van der Waals surface area contributed by atoms with E-state index in [1.54, 1.807) is 14.0 Å². The van der Waals surface area contributed by atoms with Crippen LogP contribution in [0.1, 0.15) is 20.3 Å². The Labute approximate surface area is 100 Å². The second-order valence-corrected chi connectivity index (χ2v) is 4.81. The molecule has 1 fully saturated rings. The molecule has 1 N–H and O–H groups in total. The van der Waals surface area contributed by atoms with Crippen LogP contribution in [0.4, 0.5) is 0 Å². The molecular weight excluding hydrogens is 224 g/mol. The van der Waals surface area contributed by atoms with Crippen molar-refractivity contribution in [1.82, 2.24) is 9.80 Å². The maximum Gasteiger partial charge on any atom is 0.311 e. The molecule has 0 unspecified atom stereocenters. The normalized spacial score (nSPS) is 23.6. The van der Waals surface area contributed by atoms with Crippen LogP contribution in [0.3, 0.4) is 0 Å². The van der Waals surface area contributed by atoms with Crippen LogP contribution in [0.2, 0.25) is 0 Å². The number of hydrogen-bond donors (Lipinski definition) is 1. The number of rotatable bonds is 3. The molecule has 6 heteroatoms. The van der Waals surface area contributed by atoms with Crippen molar-refractivity contribution in [2.75, 3.05) is 26.7 Å². The maximum atomic E-state index is 11.8. The average molecular weight is 242 g/mol. The van der Waals surface area contributed by atoms with Crippen LogP contribution in [0.25, 0.3) is 0 Å². The average Bonchev–Trinajstić information content (AvgIpc) is 2.62. The largest absolute Gasteiger partial charge is 0.481 e. The van der Waals surface area contributed by atoms with E-state index < -0.39 is 11.4 Å². The fraction of sp³-hybridized carbons (Fsp3) is 0.727. The standard InChI is InChI=1S/C11H18N2O4/c1-8(14)12(3)6-9(15)13-5-4-11(2,7-13)10(16)17/h4-7H2,1-3H3,(H,16,17)/t11-/m1/s1. The van der Waals surface area contributed by atoms with Crippen molar-refractivity contribution in [1.29, 1.82) is 0 Å². The lowest BCUT2D eigenvalue weighted by Gasteiger charge is -2.22. The van der Waals surface area contributed by atoms with Crippen molar-refractivity contribution in [3.63, 3.8) is 0 Å². The molecule has 1 saturated heterocycles. The van der Waals surface area contributed by atoms with Crippen LogP contribution in [0.5, 0.6) is 0 Å². The van der Waals surface area contributed by atoms with Gasteiger partial charge in [0, 0.05) is 27.1 Å². The molecule has 0 radical (unpaired) electrons. The van der Waals surface area contributed by atoms with Gasteiger partial charge in [-0.3, -0.25) is 14.4 Å². The lowest BCUT2D eigenvalue weighted by atomic mass is 9.90. The number of nitrogens with zero attached hydrogens (tertiary/aromatic N) is 2. The predicted molar refractivity (Wildman–Crippen MR) is 60.3 cm³/mol. The van der Waals surface area contributed by atoms with Gasteiger partial charge in [0.1, 0.15) is 0 Å². The Bertz CT molecular complexity index is 355. The van der Waals surface area contributed by atoms with Gasteiger partial charge in [0.2, 0.25) is 11.8 Å². The Hall–Kier alpha value is -1.59. The first kappa shape index (κ1) is 13.5. The molecule has 0 aromatic heterocycles. The third kappa shape index (κ3) is 2.95. The van der Waals surface area contributed by atoms with E-state index in [0.717, 1.165) is 0 Å². The smallest absolute Gasteiger partial charge is 0.311 e. The molecular formula is C11H18N2O4.